The lowest BCUT2D eigenvalue weighted by atomic mass is 10.0. The Morgan fingerprint density at radius 2 is 1.03 bits per heavy atom. The van der Waals surface area contributed by atoms with Gasteiger partial charge in [0.05, 0.1) is 24.7 Å². The van der Waals surface area contributed by atoms with Crippen LogP contribution in [0.1, 0.15) is 130 Å². The summed E-state index contributed by atoms with van der Waals surface area (Å²) in [5.74, 6) is 0.403. The predicted octanol–water partition coefficient (Wildman–Crippen LogP) is 8.17. The van der Waals surface area contributed by atoms with Crippen molar-refractivity contribution in [3.8, 4) is 0 Å². The van der Waals surface area contributed by atoms with Gasteiger partial charge in [0, 0.05) is 5.56 Å². The van der Waals surface area contributed by atoms with Crippen molar-refractivity contribution in [2.24, 2.45) is 0 Å². The Morgan fingerprint density at radius 1 is 0.636 bits per heavy atom. The summed E-state index contributed by atoms with van der Waals surface area (Å²) in [5.41, 5.74) is 1.19. The molecule has 0 fully saturated rings. The van der Waals surface area contributed by atoms with Crippen LogP contribution in [0.4, 0.5) is 0 Å². The summed E-state index contributed by atoms with van der Waals surface area (Å²) in [6, 6.07) is 6.88. The van der Waals surface area contributed by atoms with Crippen LogP contribution in [0.5, 0.6) is 0 Å². The molecule has 0 aliphatic rings. The topological polar surface area (TPSA) is 43.4 Å². The molecule has 0 saturated carbocycles. The quantitative estimate of drug-likeness (QED) is 0.0776. The van der Waals surface area contributed by atoms with E-state index in [9.17, 15) is 9.59 Å². The molecular formula is C29H49O3S+. The monoisotopic (exact) mass is 477 g/mol. The van der Waals surface area contributed by atoms with Gasteiger partial charge in [0.2, 0.25) is 5.78 Å². The van der Waals surface area contributed by atoms with Crippen molar-refractivity contribution < 1.29 is 14.3 Å². The van der Waals surface area contributed by atoms with E-state index in [4.69, 9.17) is 4.74 Å². The van der Waals surface area contributed by atoms with Crippen LogP contribution < -0.4 is 0 Å². The van der Waals surface area contributed by atoms with Crippen LogP contribution in [0.2, 0.25) is 0 Å². The van der Waals surface area contributed by atoms with Crippen molar-refractivity contribution in [3.05, 3.63) is 35.4 Å². The number of unbranched alkanes of at least 4 members (excludes halogenated alkanes) is 15. The van der Waals surface area contributed by atoms with Crippen molar-refractivity contribution in [1.29, 1.82) is 0 Å². The lowest BCUT2D eigenvalue weighted by Crippen LogP contribution is -2.14. The first-order valence-corrected chi connectivity index (χ1v) is 15.6. The van der Waals surface area contributed by atoms with E-state index in [0.717, 1.165) is 12.8 Å². The summed E-state index contributed by atoms with van der Waals surface area (Å²) < 4.78 is 5.39. The summed E-state index contributed by atoms with van der Waals surface area (Å²) in [7, 11) is 0.0849. The van der Waals surface area contributed by atoms with Crippen LogP contribution >= 0.6 is 0 Å². The largest absolute Gasteiger partial charge is 0.462 e. The molecule has 0 saturated heterocycles. The highest BCUT2D eigenvalue weighted by molar-refractivity contribution is 7.96. The van der Waals surface area contributed by atoms with Crippen LogP contribution in [-0.2, 0) is 15.6 Å². The normalized spacial score (nSPS) is 11.2. The van der Waals surface area contributed by atoms with Crippen molar-refractivity contribution in [1.82, 2.24) is 0 Å². The number of hydrogen-bond donors (Lipinski definition) is 0. The molecule has 0 amide bonds. The molecule has 0 bridgehead atoms. The van der Waals surface area contributed by atoms with Gasteiger partial charge >= 0.3 is 5.97 Å². The number of benzene rings is 1. The molecule has 0 N–H and O–H groups in total. The van der Waals surface area contributed by atoms with Crippen LogP contribution in [0.25, 0.3) is 0 Å². The van der Waals surface area contributed by atoms with Crippen molar-refractivity contribution in [2.45, 2.75) is 110 Å². The first-order valence-electron chi connectivity index (χ1n) is 13.4. The zero-order chi connectivity index (χ0) is 24.2. The molecule has 33 heavy (non-hydrogen) atoms. The smallest absolute Gasteiger partial charge is 0.338 e. The van der Waals surface area contributed by atoms with Gasteiger partial charge in [-0.05, 0) is 29.4 Å². The van der Waals surface area contributed by atoms with Crippen LogP contribution in [0.15, 0.2) is 24.3 Å². The molecule has 0 radical (unpaired) electrons. The Morgan fingerprint density at radius 3 is 1.45 bits per heavy atom. The zero-order valence-electron chi connectivity index (χ0n) is 21.7. The molecule has 4 heteroatoms. The first-order chi connectivity index (χ1) is 16.0. The molecule has 0 heterocycles. The van der Waals surface area contributed by atoms with E-state index in [1.807, 2.05) is 0 Å². The van der Waals surface area contributed by atoms with E-state index in [1.54, 1.807) is 24.3 Å². The maximum Gasteiger partial charge on any atom is 0.338 e. The summed E-state index contributed by atoms with van der Waals surface area (Å²) in [4.78, 5) is 24.2. The fraction of sp³-hybridized carbons (Fsp3) is 0.724. The molecule has 0 atom stereocenters. The van der Waals surface area contributed by atoms with Gasteiger partial charge in [-0.3, -0.25) is 4.79 Å². The number of Topliss-reactive ketones (excluding diaryl/α,β-unsaturated/α-hetero) is 1. The molecule has 1 aromatic carbocycles. The number of ketones is 1. The average molecular weight is 478 g/mol. The van der Waals surface area contributed by atoms with Crippen molar-refractivity contribution in [3.63, 3.8) is 0 Å². The standard InChI is InChI=1S/C29H49O3S/c1-4-5-6-7-8-9-10-11-12-13-14-15-16-17-18-19-24-32-29(31)27-22-20-26(21-23-27)28(30)25-33(2)3/h20-23H,4-19,24-25H2,1-3H3/q+1. The van der Waals surface area contributed by atoms with Gasteiger partial charge < -0.3 is 4.74 Å². The fourth-order valence-electron chi connectivity index (χ4n) is 4.04. The minimum absolute atomic E-state index is 0.0849. The van der Waals surface area contributed by atoms with Gasteiger partial charge in [0.25, 0.3) is 0 Å². The van der Waals surface area contributed by atoms with E-state index in [-0.39, 0.29) is 22.6 Å². The minimum Gasteiger partial charge on any atom is -0.462 e. The van der Waals surface area contributed by atoms with Gasteiger partial charge in [0.1, 0.15) is 0 Å². The van der Waals surface area contributed by atoms with Crippen LogP contribution in [0.3, 0.4) is 0 Å². The summed E-state index contributed by atoms with van der Waals surface area (Å²) in [6.45, 7) is 2.76. The molecule has 0 aliphatic carbocycles. The molecule has 0 aromatic heterocycles. The predicted molar refractivity (Wildman–Crippen MR) is 145 cm³/mol. The Balaban J connectivity index is 1.93. The molecule has 0 unspecified atom stereocenters. The Kier molecular flexibility index (Phi) is 18.1. The fourth-order valence-corrected chi connectivity index (χ4v) is 4.73. The van der Waals surface area contributed by atoms with E-state index < -0.39 is 0 Å². The van der Waals surface area contributed by atoms with E-state index >= 15 is 0 Å². The second-order valence-corrected chi connectivity index (χ2v) is 11.8. The van der Waals surface area contributed by atoms with Crippen molar-refractivity contribution in [2.75, 3.05) is 24.9 Å². The first kappa shape index (κ1) is 29.7. The Labute approximate surface area is 206 Å². The third-order valence-electron chi connectivity index (χ3n) is 6.09. The lowest BCUT2D eigenvalue weighted by molar-refractivity contribution is 0.0497. The Bertz CT molecular complexity index is 624. The molecule has 188 valence electrons. The number of esters is 1. The van der Waals surface area contributed by atoms with E-state index in [2.05, 4.69) is 19.4 Å². The second-order valence-electron chi connectivity index (χ2n) is 9.57. The summed E-state index contributed by atoms with van der Waals surface area (Å²) in [6.07, 6.45) is 25.5. The summed E-state index contributed by atoms with van der Waals surface area (Å²) >= 11 is 0. The van der Waals surface area contributed by atoms with Gasteiger partial charge in [0.15, 0.2) is 5.75 Å². The number of hydrogen-bond acceptors (Lipinski definition) is 3. The average Bonchev–Trinajstić information content (AvgIpc) is 2.80. The lowest BCUT2D eigenvalue weighted by Gasteiger charge is -2.06. The second kappa shape index (κ2) is 20.1. The number of carbonyl (C=O) groups excluding carboxylic acids is 2. The SMILES string of the molecule is CCCCCCCCCCCCCCCCCCOC(=O)c1ccc(C(=O)C[S+](C)C)cc1. The highest BCUT2D eigenvalue weighted by Gasteiger charge is 2.15. The number of carbonyl (C=O) groups is 2. The van der Waals surface area contributed by atoms with Gasteiger partial charge in [-0.1, -0.05) is 115 Å². The van der Waals surface area contributed by atoms with Crippen molar-refractivity contribution >= 4 is 22.6 Å². The molecule has 0 aliphatic heterocycles. The molecule has 1 rings (SSSR count). The number of rotatable bonds is 21. The van der Waals surface area contributed by atoms with Crippen LogP contribution in [-0.4, -0.2) is 36.6 Å². The molecule has 3 nitrogen and oxygen atoms in total. The summed E-state index contributed by atoms with van der Waals surface area (Å²) in [5, 5.41) is 0. The molecule has 1 aromatic rings. The maximum absolute atomic E-state index is 12.2. The third-order valence-corrected chi connectivity index (χ3v) is 6.93. The van der Waals surface area contributed by atoms with E-state index in [0.29, 0.717) is 23.5 Å². The minimum atomic E-state index is -0.291. The van der Waals surface area contributed by atoms with Gasteiger partial charge in [-0.25, -0.2) is 4.79 Å². The van der Waals surface area contributed by atoms with Gasteiger partial charge in [-0.2, -0.15) is 0 Å². The van der Waals surface area contributed by atoms with Gasteiger partial charge in [-0.15, -0.1) is 0 Å². The molecular weight excluding hydrogens is 428 g/mol. The van der Waals surface area contributed by atoms with Crippen LogP contribution in [0, 0.1) is 0 Å². The maximum atomic E-state index is 12.2. The molecule has 0 spiro atoms. The number of ether oxygens (including phenoxy) is 1. The highest BCUT2D eigenvalue weighted by atomic mass is 32.2. The third kappa shape index (κ3) is 16.1. The Hall–Kier alpha value is -1.29. The zero-order valence-corrected chi connectivity index (χ0v) is 22.5. The highest BCUT2D eigenvalue weighted by Crippen LogP contribution is 2.14. The van der Waals surface area contributed by atoms with E-state index in [1.165, 1.54) is 89.9 Å².